The van der Waals surface area contributed by atoms with Crippen molar-refractivity contribution in [2.24, 2.45) is 5.73 Å². The van der Waals surface area contributed by atoms with Crippen molar-refractivity contribution >= 4 is 39.7 Å². The van der Waals surface area contributed by atoms with Crippen LogP contribution < -0.4 is 10.6 Å². The molecule has 1 heterocycles. The molecule has 0 aliphatic rings. The van der Waals surface area contributed by atoms with Gasteiger partial charge >= 0.3 is 0 Å². The Labute approximate surface area is 128 Å². The summed E-state index contributed by atoms with van der Waals surface area (Å²) in [6, 6.07) is 15.5. The molecule has 3 rings (SSSR count). The van der Waals surface area contributed by atoms with Crippen LogP contribution in [0.25, 0.3) is 11.0 Å². The minimum Gasteiger partial charge on any atom is -0.389 e. The molecule has 1 aromatic heterocycles. The van der Waals surface area contributed by atoms with Gasteiger partial charge in [-0.05, 0) is 24.3 Å². The SMILES string of the molecule is CN(c1cccc(C(N)=S)c1)c1cnc2ccccc2n1. The van der Waals surface area contributed by atoms with Gasteiger partial charge in [0.1, 0.15) is 4.99 Å². The van der Waals surface area contributed by atoms with Crippen LogP contribution in [-0.4, -0.2) is 22.0 Å². The summed E-state index contributed by atoms with van der Waals surface area (Å²) < 4.78 is 0. The summed E-state index contributed by atoms with van der Waals surface area (Å²) in [5.41, 5.74) is 9.23. The topological polar surface area (TPSA) is 55.0 Å². The summed E-state index contributed by atoms with van der Waals surface area (Å²) in [6.45, 7) is 0. The molecule has 0 aliphatic carbocycles. The van der Waals surface area contributed by atoms with Crippen LogP contribution in [-0.2, 0) is 0 Å². The maximum Gasteiger partial charge on any atom is 0.152 e. The predicted octanol–water partition coefficient (Wildman–Crippen LogP) is 3.03. The van der Waals surface area contributed by atoms with Crippen molar-refractivity contribution in [2.75, 3.05) is 11.9 Å². The van der Waals surface area contributed by atoms with E-state index in [1.807, 2.05) is 60.5 Å². The Morgan fingerprint density at radius 1 is 1.10 bits per heavy atom. The molecule has 0 fully saturated rings. The molecule has 0 atom stereocenters. The van der Waals surface area contributed by atoms with Crippen LogP contribution in [0.4, 0.5) is 11.5 Å². The van der Waals surface area contributed by atoms with Crippen molar-refractivity contribution in [3.8, 4) is 0 Å². The first-order chi connectivity index (χ1) is 10.1. The smallest absolute Gasteiger partial charge is 0.152 e. The monoisotopic (exact) mass is 294 g/mol. The van der Waals surface area contributed by atoms with Crippen molar-refractivity contribution < 1.29 is 0 Å². The lowest BCUT2D eigenvalue weighted by Gasteiger charge is -2.19. The number of para-hydroxylation sites is 2. The molecule has 0 aliphatic heterocycles. The number of anilines is 2. The second-order valence-corrected chi connectivity index (χ2v) is 5.13. The summed E-state index contributed by atoms with van der Waals surface area (Å²) in [4.78, 5) is 11.4. The first-order valence-electron chi connectivity index (χ1n) is 6.50. The largest absolute Gasteiger partial charge is 0.389 e. The summed E-state index contributed by atoms with van der Waals surface area (Å²) >= 11 is 5.02. The number of hydrogen-bond donors (Lipinski definition) is 1. The van der Waals surface area contributed by atoms with Gasteiger partial charge in [0.15, 0.2) is 5.82 Å². The first kappa shape index (κ1) is 13.5. The van der Waals surface area contributed by atoms with Crippen LogP contribution in [0, 0.1) is 0 Å². The van der Waals surface area contributed by atoms with E-state index in [4.69, 9.17) is 18.0 Å². The van der Waals surface area contributed by atoms with Crippen molar-refractivity contribution in [3.63, 3.8) is 0 Å². The van der Waals surface area contributed by atoms with Crippen LogP contribution in [0.5, 0.6) is 0 Å². The minimum atomic E-state index is 0.384. The first-order valence-corrected chi connectivity index (χ1v) is 6.91. The van der Waals surface area contributed by atoms with Crippen LogP contribution in [0.2, 0.25) is 0 Å². The Balaban J connectivity index is 2.01. The Kier molecular flexibility index (Phi) is 3.50. The highest BCUT2D eigenvalue weighted by atomic mass is 32.1. The molecule has 4 nitrogen and oxygen atoms in total. The number of aromatic nitrogens is 2. The number of nitrogens with two attached hydrogens (primary N) is 1. The maximum absolute atomic E-state index is 5.68. The number of hydrogen-bond acceptors (Lipinski definition) is 4. The van der Waals surface area contributed by atoms with Gasteiger partial charge in [0, 0.05) is 18.3 Å². The van der Waals surface area contributed by atoms with Gasteiger partial charge in [-0.1, -0.05) is 36.5 Å². The summed E-state index contributed by atoms with van der Waals surface area (Å²) in [6.07, 6.45) is 1.76. The molecule has 104 valence electrons. The zero-order valence-corrected chi connectivity index (χ0v) is 12.3. The van der Waals surface area contributed by atoms with Crippen LogP contribution in [0.3, 0.4) is 0 Å². The third kappa shape index (κ3) is 2.68. The van der Waals surface area contributed by atoms with Crippen LogP contribution in [0.1, 0.15) is 5.56 Å². The molecule has 2 N–H and O–H groups in total. The summed E-state index contributed by atoms with van der Waals surface area (Å²) in [5.74, 6) is 0.772. The fourth-order valence-electron chi connectivity index (χ4n) is 2.11. The lowest BCUT2D eigenvalue weighted by molar-refractivity contribution is 1.12. The minimum absolute atomic E-state index is 0.384. The highest BCUT2D eigenvalue weighted by Gasteiger charge is 2.08. The molecule has 3 aromatic rings. The fraction of sp³-hybridized carbons (Fsp3) is 0.0625. The molecule has 0 amide bonds. The van der Waals surface area contributed by atoms with E-state index >= 15 is 0 Å². The quantitative estimate of drug-likeness (QED) is 0.752. The van der Waals surface area contributed by atoms with Crippen LogP contribution >= 0.6 is 12.2 Å². The highest BCUT2D eigenvalue weighted by molar-refractivity contribution is 7.80. The zero-order valence-electron chi connectivity index (χ0n) is 11.5. The van der Waals surface area contributed by atoms with Gasteiger partial charge in [-0.2, -0.15) is 0 Å². The Morgan fingerprint density at radius 3 is 2.62 bits per heavy atom. The van der Waals surface area contributed by atoms with E-state index in [0.717, 1.165) is 28.1 Å². The van der Waals surface area contributed by atoms with Gasteiger partial charge < -0.3 is 10.6 Å². The van der Waals surface area contributed by atoms with Crippen molar-refractivity contribution in [3.05, 3.63) is 60.3 Å². The standard InChI is InChI=1S/C16H14N4S/c1-20(12-6-4-5-11(9-12)16(17)21)15-10-18-13-7-2-3-8-14(13)19-15/h2-10H,1H3,(H2,17,21). The van der Waals surface area contributed by atoms with E-state index in [-0.39, 0.29) is 0 Å². The van der Waals surface area contributed by atoms with E-state index in [2.05, 4.69) is 9.97 Å². The summed E-state index contributed by atoms with van der Waals surface area (Å²) in [7, 11) is 1.94. The molecule has 0 saturated carbocycles. The molecule has 0 unspecified atom stereocenters. The average molecular weight is 294 g/mol. The molecule has 0 spiro atoms. The van der Waals surface area contributed by atoms with Gasteiger partial charge in [-0.25, -0.2) is 4.98 Å². The molecular weight excluding hydrogens is 280 g/mol. The molecule has 0 bridgehead atoms. The third-order valence-corrected chi connectivity index (χ3v) is 3.53. The molecule has 21 heavy (non-hydrogen) atoms. The molecule has 2 aromatic carbocycles. The fourth-order valence-corrected chi connectivity index (χ4v) is 2.24. The molecular formula is C16H14N4S. The Morgan fingerprint density at radius 2 is 1.86 bits per heavy atom. The number of nitrogens with zero attached hydrogens (tertiary/aromatic N) is 3. The van der Waals surface area contributed by atoms with Gasteiger partial charge in [0.25, 0.3) is 0 Å². The number of rotatable bonds is 3. The van der Waals surface area contributed by atoms with Crippen molar-refractivity contribution in [2.45, 2.75) is 0 Å². The van der Waals surface area contributed by atoms with E-state index in [1.165, 1.54) is 0 Å². The Bertz CT molecular complexity index is 816. The molecule has 5 heteroatoms. The van der Waals surface area contributed by atoms with Crippen molar-refractivity contribution in [1.29, 1.82) is 0 Å². The van der Waals surface area contributed by atoms with Gasteiger partial charge in [-0.3, -0.25) is 4.98 Å². The van der Waals surface area contributed by atoms with E-state index in [0.29, 0.717) is 4.99 Å². The van der Waals surface area contributed by atoms with Crippen LogP contribution in [0.15, 0.2) is 54.7 Å². The number of fused-ring (bicyclic) bond motifs is 1. The second kappa shape index (κ2) is 5.46. The van der Waals surface area contributed by atoms with E-state index < -0.39 is 0 Å². The summed E-state index contributed by atoms with van der Waals surface area (Å²) in [5, 5.41) is 0. The Hall–Kier alpha value is -2.53. The second-order valence-electron chi connectivity index (χ2n) is 4.69. The highest BCUT2D eigenvalue weighted by Crippen LogP contribution is 2.23. The van der Waals surface area contributed by atoms with Gasteiger partial charge in [-0.15, -0.1) is 0 Å². The normalized spacial score (nSPS) is 10.5. The predicted molar refractivity (Wildman–Crippen MR) is 89.9 cm³/mol. The van der Waals surface area contributed by atoms with Crippen molar-refractivity contribution in [1.82, 2.24) is 9.97 Å². The average Bonchev–Trinajstić information content (AvgIpc) is 2.53. The van der Waals surface area contributed by atoms with E-state index in [1.54, 1.807) is 6.20 Å². The number of benzene rings is 2. The zero-order chi connectivity index (χ0) is 14.8. The van der Waals surface area contributed by atoms with Gasteiger partial charge in [0.2, 0.25) is 0 Å². The number of thiocarbonyl (C=S) groups is 1. The van der Waals surface area contributed by atoms with E-state index in [9.17, 15) is 0 Å². The van der Waals surface area contributed by atoms with Gasteiger partial charge in [0.05, 0.1) is 17.2 Å². The molecule has 0 saturated heterocycles. The maximum atomic E-state index is 5.68. The molecule has 0 radical (unpaired) electrons. The lowest BCUT2D eigenvalue weighted by atomic mass is 10.2. The third-order valence-electron chi connectivity index (χ3n) is 3.30. The lowest BCUT2D eigenvalue weighted by Crippen LogP contribution is -2.14.